The van der Waals surface area contributed by atoms with Crippen LogP contribution in [0.2, 0.25) is 0 Å². The molecule has 0 N–H and O–H groups in total. The molecule has 9 heteroatoms. The third-order valence-corrected chi connectivity index (χ3v) is 4.34. The van der Waals surface area contributed by atoms with Crippen molar-refractivity contribution in [3.05, 3.63) is 81.9 Å². The highest BCUT2D eigenvalue weighted by Gasteiger charge is 2.35. The van der Waals surface area contributed by atoms with Crippen LogP contribution in [0, 0.1) is 17.0 Å². The molecule has 0 radical (unpaired) electrons. The van der Waals surface area contributed by atoms with E-state index in [2.05, 4.69) is 10.1 Å². The van der Waals surface area contributed by atoms with Crippen LogP contribution in [0.3, 0.4) is 0 Å². The Balaban J connectivity index is 1.63. The predicted octanol–water partition coefficient (Wildman–Crippen LogP) is 3.80. The first-order valence-corrected chi connectivity index (χ1v) is 8.75. The molecule has 1 amide bonds. The minimum Gasteiger partial charge on any atom is -0.455 e. The molecule has 3 heterocycles. The third kappa shape index (κ3) is 3.57. The van der Waals surface area contributed by atoms with E-state index in [9.17, 15) is 14.9 Å². The van der Waals surface area contributed by atoms with Crippen molar-refractivity contribution in [3.63, 3.8) is 0 Å². The Bertz CT molecular complexity index is 1120. The molecule has 146 valence electrons. The molecule has 2 aromatic heterocycles. The number of amides is 1. The monoisotopic (exact) mass is 392 g/mol. The minimum absolute atomic E-state index is 0.0413. The zero-order valence-electron chi connectivity index (χ0n) is 15.6. The maximum Gasteiger partial charge on any atom is 0.270 e. The van der Waals surface area contributed by atoms with Crippen molar-refractivity contribution in [2.45, 2.75) is 20.1 Å². The first-order valence-electron chi connectivity index (χ1n) is 8.75. The molecule has 1 aliphatic heterocycles. The number of furan rings is 1. The quantitative estimate of drug-likeness (QED) is 0.493. The highest BCUT2D eigenvalue weighted by molar-refractivity contribution is 5.96. The van der Waals surface area contributed by atoms with Crippen molar-refractivity contribution in [3.8, 4) is 11.3 Å². The fourth-order valence-corrected chi connectivity index (χ4v) is 2.88. The lowest BCUT2D eigenvalue weighted by Crippen LogP contribution is -2.24. The Morgan fingerprint density at radius 3 is 2.69 bits per heavy atom. The summed E-state index contributed by atoms with van der Waals surface area (Å²) in [5.74, 6) is 0.700. The first-order chi connectivity index (χ1) is 13.9. The number of hydrogen-bond donors (Lipinski definition) is 0. The molecular formula is C20H16N4O5. The maximum atomic E-state index is 12.1. The number of ether oxygens (including phenoxy) is 1. The van der Waals surface area contributed by atoms with Gasteiger partial charge in [0.15, 0.2) is 5.76 Å². The van der Waals surface area contributed by atoms with Gasteiger partial charge in [-0.2, -0.15) is 5.01 Å². The molecule has 1 aromatic carbocycles. The molecule has 4 rings (SSSR count). The van der Waals surface area contributed by atoms with E-state index in [0.717, 1.165) is 5.69 Å². The molecule has 0 spiro atoms. The second kappa shape index (κ2) is 7.19. The zero-order chi connectivity index (χ0) is 20.5. The molecule has 0 fully saturated rings. The molecule has 0 bridgehead atoms. The van der Waals surface area contributed by atoms with Gasteiger partial charge in [-0.15, -0.1) is 5.10 Å². The van der Waals surface area contributed by atoms with E-state index >= 15 is 0 Å². The largest absolute Gasteiger partial charge is 0.455 e. The van der Waals surface area contributed by atoms with Gasteiger partial charge in [-0.1, -0.05) is 12.1 Å². The number of carbonyl (C=O) groups excluding carboxylic acids is 1. The van der Waals surface area contributed by atoms with Crippen LogP contribution in [-0.2, 0) is 9.53 Å². The molecule has 0 saturated carbocycles. The average molecular weight is 392 g/mol. The number of non-ortho nitro benzene ring substituents is 1. The number of nitro benzene ring substituents is 1. The van der Waals surface area contributed by atoms with Gasteiger partial charge in [-0.3, -0.25) is 19.9 Å². The number of hydrazone groups is 1. The van der Waals surface area contributed by atoms with Gasteiger partial charge in [0.2, 0.25) is 11.8 Å². The number of benzene rings is 1. The van der Waals surface area contributed by atoms with Crippen LogP contribution in [0.4, 0.5) is 5.69 Å². The zero-order valence-corrected chi connectivity index (χ0v) is 15.6. The second-order valence-corrected chi connectivity index (χ2v) is 6.44. The highest BCUT2D eigenvalue weighted by atomic mass is 16.6. The lowest BCUT2D eigenvalue weighted by molar-refractivity contribution is -0.384. The van der Waals surface area contributed by atoms with Crippen molar-refractivity contribution in [1.29, 1.82) is 0 Å². The fourth-order valence-electron chi connectivity index (χ4n) is 2.88. The van der Waals surface area contributed by atoms with Crippen LogP contribution in [-0.4, -0.2) is 26.7 Å². The van der Waals surface area contributed by atoms with Crippen molar-refractivity contribution in [2.24, 2.45) is 5.10 Å². The Hall–Kier alpha value is -4.01. The predicted molar refractivity (Wildman–Crippen MR) is 103 cm³/mol. The van der Waals surface area contributed by atoms with Crippen LogP contribution < -0.4 is 0 Å². The number of carbonyl (C=O) groups is 1. The number of aromatic nitrogens is 1. The minimum atomic E-state index is -0.878. The van der Waals surface area contributed by atoms with Gasteiger partial charge < -0.3 is 9.15 Å². The van der Waals surface area contributed by atoms with Gasteiger partial charge in [0.1, 0.15) is 5.76 Å². The van der Waals surface area contributed by atoms with E-state index in [-0.39, 0.29) is 17.5 Å². The summed E-state index contributed by atoms with van der Waals surface area (Å²) in [5.41, 5.74) is 1.98. The lowest BCUT2D eigenvalue weighted by atomic mass is 10.1. The van der Waals surface area contributed by atoms with Gasteiger partial charge in [0.05, 0.1) is 10.5 Å². The molecule has 9 nitrogen and oxygen atoms in total. The first kappa shape index (κ1) is 18.4. The summed E-state index contributed by atoms with van der Waals surface area (Å²) < 4.78 is 11.7. The van der Waals surface area contributed by atoms with E-state index in [1.54, 1.807) is 36.5 Å². The molecule has 0 saturated heterocycles. The number of hydrogen-bond acceptors (Lipinski definition) is 7. The number of nitrogens with zero attached hydrogens (tertiary/aromatic N) is 4. The lowest BCUT2D eigenvalue weighted by Gasteiger charge is -2.16. The fraction of sp³-hybridized carbons (Fsp3) is 0.150. The van der Waals surface area contributed by atoms with E-state index < -0.39 is 11.2 Å². The molecule has 1 atom stereocenters. The topological polar surface area (TPSA) is 111 Å². The van der Waals surface area contributed by atoms with Crippen molar-refractivity contribution >= 4 is 17.5 Å². The van der Waals surface area contributed by atoms with Gasteiger partial charge in [-0.25, -0.2) is 0 Å². The highest BCUT2D eigenvalue weighted by Crippen LogP contribution is 2.34. The smallest absolute Gasteiger partial charge is 0.270 e. The summed E-state index contributed by atoms with van der Waals surface area (Å²) in [5, 5.41) is 16.4. The van der Waals surface area contributed by atoms with Crippen LogP contribution >= 0.6 is 0 Å². The van der Waals surface area contributed by atoms with Gasteiger partial charge >= 0.3 is 0 Å². The summed E-state index contributed by atoms with van der Waals surface area (Å²) in [7, 11) is 0. The van der Waals surface area contributed by atoms with Gasteiger partial charge in [0.25, 0.3) is 11.9 Å². The van der Waals surface area contributed by atoms with Crippen LogP contribution in [0.5, 0.6) is 0 Å². The van der Waals surface area contributed by atoms with Crippen molar-refractivity contribution < 1.29 is 18.9 Å². The summed E-state index contributed by atoms with van der Waals surface area (Å²) in [4.78, 5) is 26.8. The molecular weight excluding hydrogens is 376 g/mol. The van der Waals surface area contributed by atoms with E-state index in [1.807, 2.05) is 13.0 Å². The van der Waals surface area contributed by atoms with Gasteiger partial charge in [0, 0.05) is 36.5 Å². The second-order valence-electron chi connectivity index (χ2n) is 6.44. The Morgan fingerprint density at radius 2 is 2.00 bits per heavy atom. The normalized spacial score (nSPS) is 15.7. The van der Waals surface area contributed by atoms with Crippen LogP contribution in [0.1, 0.15) is 30.2 Å². The van der Waals surface area contributed by atoms with E-state index in [1.165, 1.54) is 24.1 Å². The summed E-state index contributed by atoms with van der Waals surface area (Å²) >= 11 is 0. The molecule has 29 heavy (non-hydrogen) atoms. The molecule has 1 aliphatic rings. The van der Waals surface area contributed by atoms with Crippen molar-refractivity contribution in [2.75, 3.05) is 0 Å². The third-order valence-electron chi connectivity index (χ3n) is 4.34. The average Bonchev–Trinajstić information content (AvgIpc) is 3.36. The standard InChI is InChI=1S/C20H16N4O5/c1-12-6-7-15(11-21-12)19-22-23(13(2)25)20(29-19)18-9-8-17(28-18)14-4-3-5-16(10-14)24(26)27/h3-11,20H,1-2H3/t20-/m1/s1. The van der Waals surface area contributed by atoms with Gasteiger partial charge in [-0.05, 0) is 31.2 Å². The molecule has 0 aliphatic carbocycles. The number of pyridine rings is 1. The van der Waals surface area contributed by atoms with E-state index in [4.69, 9.17) is 9.15 Å². The summed E-state index contributed by atoms with van der Waals surface area (Å²) in [6.07, 6.45) is 0.738. The van der Waals surface area contributed by atoms with Crippen molar-refractivity contribution in [1.82, 2.24) is 9.99 Å². The summed E-state index contributed by atoms with van der Waals surface area (Å²) in [6, 6.07) is 13.0. The number of nitro groups is 1. The molecule has 3 aromatic rings. The van der Waals surface area contributed by atoms with Crippen LogP contribution in [0.25, 0.3) is 11.3 Å². The Labute approximate surface area is 165 Å². The number of aryl methyl sites for hydroxylation is 1. The van der Waals surface area contributed by atoms with Crippen LogP contribution in [0.15, 0.2) is 64.2 Å². The molecule has 0 unspecified atom stereocenters. The number of rotatable bonds is 4. The summed E-state index contributed by atoms with van der Waals surface area (Å²) in [6.45, 7) is 3.24. The Morgan fingerprint density at radius 1 is 1.17 bits per heavy atom. The van der Waals surface area contributed by atoms with E-state index in [0.29, 0.717) is 22.6 Å². The SMILES string of the molecule is CC(=O)N1N=C(c2ccc(C)nc2)O[C@@H]1c1ccc(-c2cccc([N+](=O)[O-])c2)o1. The Kier molecular flexibility index (Phi) is 4.55. The maximum absolute atomic E-state index is 12.1.